The first kappa shape index (κ1) is 6.90. The Hall–Kier alpha value is -1.78. The molecule has 12 heavy (non-hydrogen) atoms. The van der Waals surface area contributed by atoms with Gasteiger partial charge in [0.1, 0.15) is 6.26 Å². The summed E-state index contributed by atoms with van der Waals surface area (Å²) in [4.78, 5) is 5.42. The van der Waals surface area contributed by atoms with Gasteiger partial charge in [0, 0.05) is 6.20 Å². The van der Waals surface area contributed by atoms with Gasteiger partial charge >= 0.3 is 6.01 Å². The van der Waals surface area contributed by atoms with Gasteiger partial charge in [0.25, 0.3) is 0 Å². The van der Waals surface area contributed by atoms with Gasteiger partial charge in [-0.1, -0.05) is 0 Å². The third-order valence-corrected chi connectivity index (χ3v) is 1.36. The second kappa shape index (κ2) is 2.69. The summed E-state index contributed by atoms with van der Waals surface area (Å²) in [5, 5.41) is 4.09. The summed E-state index contributed by atoms with van der Waals surface area (Å²) in [6.45, 7) is 1.91. The number of aryl methyl sites for hydroxylation is 1. The molecule has 2 aromatic rings. The highest BCUT2D eigenvalue weighted by Crippen LogP contribution is 2.01. The van der Waals surface area contributed by atoms with E-state index in [4.69, 9.17) is 4.42 Å². The zero-order valence-corrected chi connectivity index (χ0v) is 6.56. The molecule has 0 aliphatic carbocycles. The fraction of sp³-hybridized carbons (Fsp3) is 0.143. The first-order chi connectivity index (χ1) is 5.84. The quantitative estimate of drug-likeness (QED) is 0.720. The molecule has 0 spiro atoms. The number of nitrogens with one attached hydrogen (secondary N) is 1. The van der Waals surface area contributed by atoms with Gasteiger partial charge in [0.15, 0.2) is 0 Å². The van der Waals surface area contributed by atoms with Crippen LogP contribution in [0, 0.1) is 6.92 Å². The maximum Gasteiger partial charge on any atom is 0.315 e. The minimum absolute atomic E-state index is 0.429. The molecule has 0 amide bonds. The fourth-order valence-electron chi connectivity index (χ4n) is 0.854. The predicted octanol–water partition coefficient (Wildman–Crippen LogP) is 1.05. The Morgan fingerprint density at radius 1 is 1.58 bits per heavy atom. The third-order valence-electron chi connectivity index (χ3n) is 1.36. The van der Waals surface area contributed by atoms with E-state index in [1.54, 1.807) is 17.2 Å². The van der Waals surface area contributed by atoms with Gasteiger partial charge in [-0.05, 0) is 13.0 Å². The lowest BCUT2D eigenvalue weighted by molar-refractivity contribution is 0.556. The van der Waals surface area contributed by atoms with Crippen LogP contribution in [-0.2, 0) is 0 Å². The van der Waals surface area contributed by atoms with Crippen molar-refractivity contribution in [2.75, 3.05) is 5.43 Å². The van der Waals surface area contributed by atoms with Gasteiger partial charge in [0.2, 0.25) is 0 Å². The van der Waals surface area contributed by atoms with Crippen LogP contribution in [0.15, 0.2) is 29.1 Å². The largest absolute Gasteiger partial charge is 0.431 e. The summed E-state index contributed by atoms with van der Waals surface area (Å²) < 4.78 is 4.96. The molecule has 0 aliphatic rings. The van der Waals surface area contributed by atoms with Crippen LogP contribution >= 0.6 is 0 Å². The minimum Gasteiger partial charge on any atom is -0.431 e. The Bertz CT molecular complexity index is 351. The smallest absolute Gasteiger partial charge is 0.315 e. The Morgan fingerprint density at radius 2 is 2.50 bits per heavy atom. The molecule has 1 N–H and O–H groups in total. The highest BCUT2D eigenvalue weighted by Gasteiger charge is 1.96. The van der Waals surface area contributed by atoms with Crippen LogP contribution in [0.4, 0.5) is 6.01 Å². The van der Waals surface area contributed by atoms with E-state index in [0.29, 0.717) is 6.01 Å². The molecule has 5 nitrogen and oxygen atoms in total. The number of anilines is 1. The van der Waals surface area contributed by atoms with Gasteiger partial charge in [-0.2, -0.15) is 9.89 Å². The lowest BCUT2D eigenvalue weighted by Crippen LogP contribution is -2.09. The van der Waals surface area contributed by atoms with Crippen LogP contribution in [0.1, 0.15) is 5.69 Å². The number of rotatable bonds is 2. The topological polar surface area (TPSA) is 55.9 Å². The average Bonchev–Trinajstić information content (AvgIpc) is 2.63. The van der Waals surface area contributed by atoms with Crippen molar-refractivity contribution >= 4 is 6.01 Å². The highest BCUT2D eigenvalue weighted by molar-refractivity contribution is 5.16. The number of nitrogens with zero attached hydrogens (tertiary/aromatic N) is 3. The fourth-order valence-corrected chi connectivity index (χ4v) is 0.854. The third kappa shape index (κ3) is 1.29. The normalized spacial score (nSPS) is 10.1. The molecule has 0 radical (unpaired) electrons. The summed E-state index contributed by atoms with van der Waals surface area (Å²) in [6, 6.07) is 2.31. The van der Waals surface area contributed by atoms with Crippen molar-refractivity contribution < 1.29 is 4.42 Å². The van der Waals surface area contributed by atoms with E-state index in [9.17, 15) is 0 Å². The van der Waals surface area contributed by atoms with Crippen molar-refractivity contribution in [1.29, 1.82) is 0 Å². The molecule has 0 aromatic carbocycles. The maximum atomic E-state index is 4.96. The van der Waals surface area contributed by atoms with Crippen molar-refractivity contribution in [1.82, 2.24) is 14.9 Å². The highest BCUT2D eigenvalue weighted by atomic mass is 16.4. The zero-order chi connectivity index (χ0) is 8.39. The van der Waals surface area contributed by atoms with Gasteiger partial charge in [-0.15, -0.1) is 0 Å². The summed E-state index contributed by atoms with van der Waals surface area (Å²) in [7, 11) is 0. The molecular weight excluding hydrogens is 156 g/mol. The lowest BCUT2D eigenvalue weighted by atomic mass is 10.5. The van der Waals surface area contributed by atoms with Crippen LogP contribution in [-0.4, -0.2) is 14.9 Å². The van der Waals surface area contributed by atoms with Gasteiger partial charge in [0.05, 0.1) is 11.9 Å². The van der Waals surface area contributed by atoms with Crippen LogP contribution in [0.5, 0.6) is 0 Å². The van der Waals surface area contributed by atoms with E-state index in [1.807, 2.05) is 13.0 Å². The molecule has 0 fully saturated rings. The van der Waals surface area contributed by atoms with Crippen LogP contribution in [0.25, 0.3) is 0 Å². The molecule has 2 rings (SSSR count). The standard InChI is InChI=1S/C7H8N4O/c1-6-2-4-11(9-6)10-7-8-3-5-12-7/h2-5H,1H3,(H,8,10). The van der Waals surface area contributed by atoms with E-state index in [-0.39, 0.29) is 0 Å². The average molecular weight is 164 g/mol. The number of hydrogen-bond acceptors (Lipinski definition) is 4. The monoisotopic (exact) mass is 164 g/mol. The predicted molar refractivity (Wildman–Crippen MR) is 42.5 cm³/mol. The Balaban J connectivity index is 2.14. The summed E-state index contributed by atoms with van der Waals surface area (Å²) in [5.41, 5.74) is 3.77. The minimum atomic E-state index is 0.429. The van der Waals surface area contributed by atoms with E-state index >= 15 is 0 Å². The van der Waals surface area contributed by atoms with Crippen molar-refractivity contribution in [2.45, 2.75) is 6.92 Å². The molecule has 0 saturated heterocycles. The molecule has 0 saturated carbocycles. The van der Waals surface area contributed by atoms with Crippen LogP contribution in [0.2, 0.25) is 0 Å². The molecule has 0 unspecified atom stereocenters. The second-order valence-corrected chi connectivity index (χ2v) is 2.35. The number of oxazole rings is 1. The zero-order valence-electron chi connectivity index (χ0n) is 6.56. The molecule has 62 valence electrons. The molecule has 0 atom stereocenters. The Kier molecular flexibility index (Phi) is 1.55. The summed E-state index contributed by atoms with van der Waals surface area (Å²) in [5.74, 6) is 0. The summed E-state index contributed by atoms with van der Waals surface area (Å²) in [6.07, 6.45) is 4.86. The van der Waals surface area contributed by atoms with Crippen LogP contribution < -0.4 is 5.43 Å². The Labute approximate surface area is 69.0 Å². The van der Waals surface area contributed by atoms with Crippen molar-refractivity contribution in [3.8, 4) is 0 Å². The van der Waals surface area contributed by atoms with Crippen molar-refractivity contribution in [3.05, 3.63) is 30.4 Å². The van der Waals surface area contributed by atoms with Crippen molar-refractivity contribution in [3.63, 3.8) is 0 Å². The van der Waals surface area contributed by atoms with Crippen molar-refractivity contribution in [2.24, 2.45) is 0 Å². The SMILES string of the molecule is Cc1ccn(Nc2ncco2)n1. The first-order valence-corrected chi connectivity index (χ1v) is 3.53. The molecule has 2 heterocycles. The molecular formula is C7H8N4O. The van der Waals surface area contributed by atoms with E-state index in [0.717, 1.165) is 5.69 Å². The maximum absolute atomic E-state index is 4.96. The number of aromatic nitrogens is 3. The molecule has 5 heteroatoms. The second-order valence-electron chi connectivity index (χ2n) is 2.35. The van der Waals surface area contributed by atoms with Crippen LogP contribution in [0.3, 0.4) is 0 Å². The van der Waals surface area contributed by atoms with E-state index < -0.39 is 0 Å². The number of hydrogen-bond donors (Lipinski definition) is 1. The Morgan fingerprint density at radius 3 is 3.08 bits per heavy atom. The lowest BCUT2D eigenvalue weighted by Gasteiger charge is -1.98. The molecule has 2 aromatic heterocycles. The van der Waals surface area contributed by atoms with E-state index in [1.165, 1.54) is 6.26 Å². The van der Waals surface area contributed by atoms with Gasteiger partial charge in [-0.3, -0.25) is 0 Å². The first-order valence-electron chi connectivity index (χ1n) is 3.53. The van der Waals surface area contributed by atoms with E-state index in [2.05, 4.69) is 15.5 Å². The summed E-state index contributed by atoms with van der Waals surface area (Å²) >= 11 is 0. The molecule has 0 bridgehead atoms. The van der Waals surface area contributed by atoms with Gasteiger partial charge < -0.3 is 4.42 Å². The molecule has 0 aliphatic heterocycles. The van der Waals surface area contributed by atoms with Gasteiger partial charge in [-0.25, -0.2) is 10.4 Å².